The van der Waals surface area contributed by atoms with Gasteiger partial charge in [-0.25, -0.2) is 0 Å². The van der Waals surface area contributed by atoms with E-state index in [1.54, 1.807) is 11.3 Å². The second-order valence-corrected chi connectivity index (χ2v) is 1.99. The molecule has 0 spiro atoms. The summed E-state index contributed by atoms with van der Waals surface area (Å²) in [4.78, 5) is 0. The molecule has 2 N–H and O–H groups in total. The van der Waals surface area contributed by atoms with Gasteiger partial charge in [-0.3, -0.25) is 0 Å². The Labute approximate surface area is 63.5 Å². The van der Waals surface area contributed by atoms with Crippen LogP contribution in [0.25, 0.3) is 0 Å². The Balaban J connectivity index is 0.000000360. The predicted octanol–water partition coefficient (Wildman–Crippen LogP) is 0.950. The third kappa shape index (κ3) is 2.18. The molecule has 1 rings (SSSR count). The minimum absolute atomic E-state index is 0. The van der Waals surface area contributed by atoms with E-state index >= 15 is 0 Å². The number of anilines is 1. The van der Waals surface area contributed by atoms with Gasteiger partial charge in [0.05, 0.1) is 5.00 Å². The molecule has 0 atom stereocenters. The molecule has 0 amide bonds. The van der Waals surface area contributed by atoms with Crippen LogP contribution in [-0.4, -0.2) is 23.9 Å². The van der Waals surface area contributed by atoms with Gasteiger partial charge in [0.2, 0.25) is 0 Å². The maximum absolute atomic E-state index is 5.30. The number of hydrogen-bond acceptors (Lipinski definition) is 2. The minimum atomic E-state index is 0. The predicted molar refractivity (Wildman–Crippen MR) is 34.5 cm³/mol. The Morgan fingerprint density at radius 3 is 2.43 bits per heavy atom. The quantitative estimate of drug-likeness (QED) is 0.644. The molecular formula is C4H5NSSn. The Morgan fingerprint density at radius 1 is 1.57 bits per heavy atom. The Morgan fingerprint density at radius 2 is 2.29 bits per heavy atom. The van der Waals surface area contributed by atoms with Crippen molar-refractivity contribution in [3.8, 4) is 0 Å². The largest absolute Gasteiger partial charge is 0.391 e. The van der Waals surface area contributed by atoms with Gasteiger partial charge < -0.3 is 5.73 Å². The summed E-state index contributed by atoms with van der Waals surface area (Å²) >= 11 is 1.56. The molecule has 0 aromatic carbocycles. The fraction of sp³-hybridized carbons (Fsp3) is 0. The zero-order valence-electron chi connectivity index (χ0n) is 3.72. The molecule has 3 heteroatoms. The Bertz CT molecular complexity index is 115. The minimum Gasteiger partial charge on any atom is -0.391 e. The summed E-state index contributed by atoms with van der Waals surface area (Å²) in [5, 5.41) is 2.84. The van der Waals surface area contributed by atoms with Crippen LogP contribution < -0.4 is 5.73 Å². The SMILES string of the molecule is Nc1cccs1.[Sn]. The maximum Gasteiger partial charge on any atom is 0.0856 e. The van der Waals surface area contributed by atoms with Crippen molar-refractivity contribution < 1.29 is 0 Å². The number of hydrogen-bond donors (Lipinski definition) is 1. The summed E-state index contributed by atoms with van der Waals surface area (Å²) in [6.07, 6.45) is 0. The number of rotatable bonds is 0. The van der Waals surface area contributed by atoms with Crippen molar-refractivity contribution in [1.29, 1.82) is 0 Å². The van der Waals surface area contributed by atoms with Gasteiger partial charge in [0.1, 0.15) is 0 Å². The van der Waals surface area contributed by atoms with Crippen LogP contribution in [-0.2, 0) is 0 Å². The van der Waals surface area contributed by atoms with Crippen LogP contribution in [0, 0.1) is 0 Å². The smallest absolute Gasteiger partial charge is 0.0856 e. The first kappa shape index (κ1) is 7.30. The van der Waals surface area contributed by atoms with Gasteiger partial charge in [-0.15, -0.1) is 11.3 Å². The Kier molecular flexibility index (Phi) is 3.46. The van der Waals surface area contributed by atoms with Crippen molar-refractivity contribution in [3.05, 3.63) is 17.5 Å². The average molecular weight is 218 g/mol. The first-order chi connectivity index (χ1) is 2.89. The molecule has 1 nitrogen and oxygen atoms in total. The topological polar surface area (TPSA) is 26.0 Å². The zero-order valence-corrected chi connectivity index (χ0v) is 7.39. The van der Waals surface area contributed by atoms with Gasteiger partial charge in [-0.05, 0) is 17.5 Å². The molecule has 0 aliphatic carbocycles. The van der Waals surface area contributed by atoms with E-state index in [4.69, 9.17) is 5.73 Å². The van der Waals surface area contributed by atoms with Crippen LogP contribution in [0.15, 0.2) is 17.5 Å². The molecule has 0 unspecified atom stereocenters. The molecule has 0 bridgehead atoms. The normalized spacial score (nSPS) is 7.43. The maximum atomic E-state index is 5.30. The number of nitrogens with two attached hydrogens (primary N) is 1. The molecule has 0 aliphatic rings. The fourth-order valence-corrected chi connectivity index (χ4v) is 0.763. The molecule has 1 heterocycles. The molecule has 1 aromatic heterocycles. The van der Waals surface area contributed by atoms with E-state index in [9.17, 15) is 0 Å². The standard InChI is InChI=1S/C4H5NS.Sn/c5-4-2-1-3-6-4;/h1-3H,5H2;. The van der Waals surface area contributed by atoms with Crippen molar-refractivity contribution >= 4 is 40.2 Å². The van der Waals surface area contributed by atoms with Gasteiger partial charge in [0.15, 0.2) is 0 Å². The van der Waals surface area contributed by atoms with Crippen LogP contribution >= 0.6 is 11.3 Å². The second kappa shape index (κ2) is 3.32. The number of nitrogen functional groups attached to an aromatic ring is 1. The van der Waals surface area contributed by atoms with Gasteiger partial charge in [0, 0.05) is 23.9 Å². The van der Waals surface area contributed by atoms with Crippen LogP contribution in [0.3, 0.4) is 0 Å². The molecule has 0 saturated carbocycles. The van der Waals surface area contributed by atoms with Crippen molar-refractivity contribution in [2.24, 2.45) is 0 Å². The second-order valence-electron chi connectivity index (χ2n) is 1.02. The molecule has 0 aliphatic heterocycles. The van der Waals surface area contributed by atoms with Crippen molar-refractivity contribution in [3.63, 3.8) is 0 Å². The van der Waals surface area contributed by atoms with Crippen molar-refractivity contribution in [2.45, 2.75) is 0 Å². The third-order valence-electron chi connectivity index (χ3n) is 0.543. The Hall–Kier alpha value is 0.299. The van der Waals surface area contributed by atoms with Gasteiger partial charge in [-0.1, -0.05) is 0 Å². The average Bonchev–Trinajstić information content (AvgIpc) is 1.86. The van der Waals surface area contributed by atoms with Gasteiger partial charge in [-0.2, -0.15) is 0 Å². The van der Waals surface area contributed by atoms with Crippen LogP contribution in [0.5, 0.6) is 0 Å². The summed E-state index contributed by atoms with van der Waals surface area (Å²) in [6.45, 7) is 0. The van der Waals surface area contributed by atoms with E-state index in [0.29, 0.717) is 0 Å². The summed E-state index contributed by atoms with van der Waals surface area (Å²) in [7, 11) is 0. The van der Waals surface area contributed by atoms with Crippen molar-refractivity contribution in [2.75, 3.05) is 5.73 Å². The first-order valence-electron chi connectivity index (χ1n) is 1.68. The van der Waals surface area contributed by atoms with Gasteiger partial charge >= 0.3 is 0 Å². The van der Waals surface area contributed by atoms with E-state index in [1.807, 2.05) is 17.5 Å². The number of thiophene rings is 1. The van der Waals surface area contributed by atoms with Crippen molar-refractivity contribution in [1.82, 2.24) is 0 Å². The van der Waals surface area contributed by atoms with Gasteiger partial charge in [0.25, 0.3) is 0 Å². The zero-order chi connectivity index (χ0) is 4.41. The summed E-state index contributed by atoms with van der Waals surface area (Å²) in [6, 6.07) is 3.81. The third-order valence-corrected chi connectivity index (χ3v) is 1.24. The van der Waals surface area contributed by atoms with E-state index in [2.05, 4.69) is 0 Å². The summed E-state index contributed by atoms with van der Waals surface area (Å²) in [5.74, 6) is 0. The monoisotopic (exact) mass is 219 g/mol. The van der Waals surface area contributed by atoms with E-state index < -0.39 is 0 Å². The van der Waals surface area contributed by atoms with Crippen LogP contribution in [0.1, 0.15) is 0 Å². The molecule has 4 radical (unpaired) electrons. The molecular weight excluding hydrogens is 213 g/mol. The molecule has 36 valence electrons. The van der Waals surface area contributed by atoms with E-state index in [1.165, 1.54) is 0 Å². The fourth-order valence-electron chi connectivity index (χ4n) is 0.291. The van der Waals surface area contributed by atoms with E-state index in [-0.39, 0.29) is 23.9 Å². The summed E-state index contributed by atoms with van der Waals surface area (Å²) < 4.78 is 0. The summed E-state index contributed by atoms with van der Waals surface area (Å²) in [5.41, 5.74) is 5.30. The first-order valence-corrected chi connectivity index (χ1v) is 2.56. The molecule has 0 fully saturated rings. The van der Waals surface area contributed by atoms with Crippen LogP contribution in [0.2, 0.25) is 0 Å². The van der Waals surface area contributed by atoms with Crippen LogP contribution in [0.4, 0.5) is 5.00 Å². The molecule has 0 saturated heterocycles. The molecule has 7 heavy (non-hydrogen) atoms. The van der Waals surface area contributed by atoms with E-state index in [0.717, 1.165) is 5.00 Å². The molecule has 1 aromatic rings.